The third-order valence-electron chi connectivity index (χ3n) is 2.99. The van der Waals surface area contributed by atoms with Gasteiger partial charge in [-0.2, -0.15) is 11.8 Å². The molecule has 0 amide bonds. The topological polar surface area (TPSA) is 41.5 Å². The van der Waals surface area contributed by atoms with E-state index in [1.54, 1.807) is 11.8 Å². The normalized spacial score (nSPS) is 27.0. The van der Waals surface area contributed by atoms with Crippen LogP contribution in [0.5, 0.6) is 0 Å². The van der Waals surface area contributed by atoms with Gasteiger partial charge in [0.1, 0.15) is 0 Å². The Kier molecular flexibility index (Phi) is 6.64. The summed E-state index contributed by atoms with van der Waals surface area (Å²) in [6.07, 6.45) is 5.48. The van der Waals surface area contributed by atoms with Crippen LogP contribution in [0.1, 0.15) is 26.2 Å². The molecular weight excluding hydrogens is 210 g/mol. The molecule has 0 radical (unpaired) electrons. The Hall–Kier alpha value is 0.230. The highest BCUT2D eigenvalue weighted by atomic mass is 32.2. The molecule has 0 aromatic carbocycles. The van der Waals surface area contributed by atoms with Crippen molar-refractivity contribution in [1.82, 2.24) is 5.32 Å². The minimum atomic E-state index is 0.249. The number of ether oxygens (including phenoxy) is 1. The minimum absolute atomic E-state index is 0.249. The first-order valence-electron chi connectivity index (χ1n) is 5.75. The molecule has 1 fully saturated rings. The molecule has 1 heterocycles. The first-order valence-corrected chi connectivity index (χ1v) is 7.04. The molecule has 90 valence electrons. The van der Waals surface area contributed by atoms with Gasteiger partial charge in [0.2, 0.25) is 0 Å². The lowest BCUT2D eigenvalue weighted by atomic mass is 10.1. The van der Waals surface area contributed by atoms with E-state index >= 15 is 0 Å². The van der Waals surface area contributed by atoms with Gasteiger partial charge < -0.3 is 15.2 Å². The van der Waals surface area contributed by atoms with Gasteiger partial charge in [-0.15, -0.1) is 0 Å². The number of aliphatic hydroxyl groups excluding tert-OH is 1. The largest absolute Gasteiger partial charge is 0.395 e. The maximum Gasteiger partial charge on any atom is 0.0564 e. The number of thioether (sulfide) groups is 1. The number of hydrogen-bond donors (Lipinski definition) is 2. The molecule has 15 heavy (non-hydrogen) atoms. The smallest absolute Gasteiger partial charge is 0.0564 e. The quantitative estimate of drug-likeness (QED) is 0.750. The zero-order valence-corrected chi connectivity index (χ0v) is 10.6. The van der Waals surface area contributed by atoms with Crippen molar-refractivity contribution in [1.29, 1.82) is 0 Å². The van der Waals surface area contributed by atoms with Crippen LogP contribution in [-0.4, -0.2) is 48.5 Å². The fourth-order valence-electron chi connectivity index (χ4n) is 1.99. The molecule has 0 aliphatic carbocycles. The lowest BCUT2D eigenvalue weighted by Crippen LogP contribution is -2.43. The molecule has 0 bridgehead atoms. The van der Waals surface area contributed by atoms with E-state index < -0.39 is 0 Å². The molecule has 0 aromatic rings. The predicted octanol–water partition coefficient (Wildman–Crippen LogP) is 1.26. The summed E-state index contributed by atoms with van der Waals surface area (Å²) >= 11 is 1.73. The highest BCUT2D eigenvalue weighted by Gasteiger charge is 2.19. The summed E-state index contributed by atoms with van der Waals surface area (Å²) in [4.78, 5) is 0. The number of aliphatic hydroxyl groups is 1. The predicted molar refractivity (Wildman–Crippen MR) is 65.4 cm³/mol. The Labute approximate surface area is 97.0 Å². The van der Waals surface area contributed by atoms with E-state index in [1.165, 1.54) is 6.42 Å². The Morgan fingerprint density at radius 2 is 2.27 bits per heavy atom. The first-order chi connectivity index (χ1) is 7.27. The second kappa shape index (κ2) is 7.49. The maximum absolute atomic E-state index is 9.20. The number of rotatable bonds is 5. The summed E-state index contributed by atoms with van der Waals surface area (Å²) in [5.74, 6) is 0. The standard InChI is InChI=1S/C11H23NO2S/c1-9(11(8-13)15-2)12-10-4-3-6-14-7-5-10/h9-13H,3-8H2,1-2H3. The van der Waals surface area contributed by atoms with E-state index in [0.29, 0.717) is 17.3 Å². The van der Waals surface area contributed by atoms with Crippen molar-refractivity contribution in [2.45, 2.75) is 43.5 Å². The second-order valence-corrected chi connectivity index (χ2v) is 5.23. The van der Waals surface area contributed by atoms with E-state index in [4.69, 9.17) is 4.74 Å². The van der Waals surface area contributed by atoms with Gasteiger partial charge in [-0.05, 0) is 32.4 Å². The molecule has 0 saturated carbocycles. The lowest BCUT2D eigenvalue weighted by molar-refractivity contribution is 0.142. The van der Waals surface area contributed by atoms with E-state index in [0.717, 1.165) is 26.1 Å². The summed E-state index contributed by atoms with van der Waals surface area (Å²) in [5.41, 5.74) is 0. The molecule has 0 aromatic heterocycles. The highest BCUT2D eigenvalue weighted by molar-refractivity contribution is 7.99. The fourth-order valence-corrected chi connectivity index (χ4v) is 2.62. The first kappa shape index (κ1) is 13.3. The van der Waals surface area contributed by atoms with Crippen LogP contribution in [0, 0.1) is 0 Å². The van der Waals surface area contributed by atoms with Crippen molar-refractivity contribution < 1.29 is 9.84 Å². The van der Waals surface area contributed by atoms with Crippen LogP contribution in [-0.2, 0) is 4.74 Å². The molecule has 4 heteroatoms. The van der Waals surface area contributed by atoms with Crippen LogP contribution in [0.4, 0.5) is 0 Å². The Morgan fingerprint density at radius 3 is 2.93 bits per heavy atom. The van der Waals surface area contributed by atoms with Gasteiger partial charge in [0.15, 0.2) is 0 Å². The molecule has 2 N–H and O–H groups in total. The van der Waals surface area contributed by atoms with Crippen LogP contribution in [0.3, 0.4) is 0 Å². The van der Waals surface area contributed by atoms with E-state index in [2.05, 4.69) is 18.5 Å². The van der Waals surface area contributed by atoms with E-state index in [1.807, 2.05) is 0 Å². The van der Waals surface area contributed by atoms with Crippen molar-refractivity contribution in [2.24, 2.45) is 0 Å². The molecule has 1 rings (SSSR count). The molecular formula is C11H23NO2S. The fraction of sp³-hybridized carbons (Fsp3) is 1.00. The highest BCUT2D eigenvalue weighted by Crippen LogP contribution is 2.14. The Morgan fingerprint density at radius 1 is 1.47 bits per heavy atom. The van der Waals surface area contributed by atoms with E-state index in [-0.39, 0.29) is 6.61 Å². The third kappa shape index (κ3) is 4.72. The van der Waals surface area contributed by atoms with Gasteiger partial charge in [0.25, 0.3) is 0 Å². The van der Waals surface area contributed by atoms with Crippen molar-refractivity contribution in [3.63, 3.8) is 0 Å². The molecule has 3 nitrogen and oxygen atoms in total. The van der Waals surface area contributed by atoms with Crippen molar-refractivity contribution in [3.05, 3.63) is 0 Å². The number of hydrogen-bond acceptors (Lipinski definition) is 4. The molecule has 0 spiro atoms. The monoisotopic (exact) mass is 233 g/mol. The van der Waals surface area contributed by atoms with Crippen molar-refractivity contribution in [3.8, 4) is 0 Å². The summed E-state index contributed by atoms with van der Waals surface area (Å²) in [6, 6.07) is 0.928. The van der Waals surface area contributed by atoms with Gasteiger partial charge in [0.05, 0.1) is 6.61 Å². The van der Waals surface area contributed by atoms with Gasteiger partial charge in [-0.3, -0.25) is 0 Å². The molecule has 3 unspecified atom stereocenters. The average molecular weight is 233 g/mol. The van der Waals surface area contributed by atoms with Crippen LogP contribution in [0.2, 0.25) is 0 Å². The number of nitrogens with one attached hydrogen (secondary N) is 1. The zero-order valence-electron chi connectivity index (χ0n) is 9.74. The summed E-state index contributed by atoms with van der Waals surface area (Å²) in [5, 5.41) is 13.1. The Balaban J connectivity index is 2.31. The molecule has 1 saturated heterocycles. The SMILES string of the molecule is CSC(CO)C(C)NC1CCCOCC1. The van der Waals surface area contributed by atoms with Gasteiger partial charge >= 0.3 is 0 Å². The average Bonchev–Trinajstić information content (AvgIpc) is 2.48. The molecule has 1 aliphatic rings. The van der Waals surface area contributed by atoms with Crippen molar-refractivity contribution >= 4 is 11.8 Å². The van der Waals surface area contributed by atoms with E-state index in [9.17, 15) is 5.11 Å². The summed E-state index contributed by atoms with van der Waals surface area (Å²) < 4.78 is 5.42. The third-order valence-corrected chi connectivity index (χ3v) is 4.15. The van der Waals surface area contributed by atoms with Crippen LogP contribution in [0.25, 0.3) is 0 Å². The molecule has 3 atom stereocenters. The van der Waals surface area contributed by atoms with Crippen LogP contribution < -0.4 is 5.32 Å². The Bertz CT molecular complexity index is 157. The summed E-state index contributed by atoms with van der Waals surface area (Å²) in [6.45, 7) is 4.17. The maximum atomic E-state index is 9.20. The summed E-state index contributed by atoms with van der Waals surface area (Å²) in [7, 11) is 0. The minimum Gasteiger partial charge on any atom is -0.395 e. The van der Waals surface area contributed by atoms with Crippen LogP contribution >= 0.6 is 11.8 Å². The molecule has 1 aliphatic heterocycles. The van der Waals surface area contributed by atoms with Gasteiger partial charge in [-0.1, -0.05) is 0 Å². The van der Waals surface area contributed by atoms with Gasteiger partial charge in [-0.25, -0.2) is 0 Å². The van der Waals surface area contributed by atoms with Gasteiger partial charge in [0, 0.05) is 30.5 Å². The van der Waals surface area contributed by atoms with Crippen LogP contribution in [0.15, 0.2) is 0 Å². The van der Waals surface area contributed by atoms with Crippen molar-refractivity contribution in [2.75, 3.05) is 26.1 Å². The second-order valence-electron chi connectivity index (χ2n) is 4.15. The lowest BCUT2D eigenvalue weighted by Gasteiger charge is -2.26. The zero-order chi connectivity index (χ0) is 11.1.